The molecule has 0 aliphatic rings. The summed E-state index contributed by atoms with van der Waals surface area (Å²) in [5.74, 6) is 0.757. The first kappa shape index (κ1) is 10.7. The first-order chi connectivity index (χ1) is 8.24. The van der Waals surface area contributed by atoms with Gasteiger partial charge >= 0.3 is 0 Å². The number of hydrogen-bond acceptors (Lipinski definition) is 1. The summed E-state index contributed by atoms with van der Waals surface area (Å²) in [6.45, 7) is 0. The molecule has 0 spiro atoms. The highest BCUT2D eigenvalue weighted by Gasteiger charge is 2.09. The molecule has 1 heterocycles. The maximum absolute atomic E-state index is 6.13. The zero-order chi connectivity index (χ0) is 11.8. The molecule has 0 unspecified atom stereocenters. The third-order valence-electron chi connectivity index (χ3n) is 2.62. The molecule has 0 saturated carbocycles. The number of furan rings is 1. The molecule has 0 aliphatic carbocycles. The minimum Gasteiger partial charge on any atom is -0.456 e. The second-order valence-corrected chi connectivity index (χ2v) is 4.62. The summed E-state index contributed by atoms with van der Waals surface area (Å²) in [4.78, 5) is 0. The summed E-state index contributed by atoms with van der Waals surface area (Å²) in [6, 6.07) is 15.1. The standard InChI is InChI=1S/C14H8Cl2O/c15-10-5-6-13-9(7-10)8-14(17-13)11-3-1-2-4-12(11)16/h1-8H. The van der Waals surface area contributed by atoms with Gasteiger partial charge in [-0.05, 0) is 36.4 Å². The van der Waals surface area contributed by atoms with Crippen molar-refractivity contribution in [2.24, 2.45) is 0 Å². The van der Waals surface area contributed by atoms with E-state index in [1.165, 1.54) is 0 Å². The molecule has 0 amide bonds. The van der Waals surface area contributed by atoms with Gasteiger partial charge in [0.25, 0.3) is 0 Å². The highest BCUT2D eigenvalue weighted by atomic mass is 35.5. The predicted molar refractivity (Wildman–Crippen MR) is 71.7 cm³/mol. The van der Waals surface area contributed by atoms with Crippen LogP contribution < -0.4 is 0 Å². The topological polar surface area (TPSA) is 13.1 Å². The zero-order valence-corrected chi connectivity index (χ0v) is 10.3. The molecule has 0 atom stereocenters. The average molecular weight is 263 g/mol. The van der Waals surface area contributed by atoms with Gasteiger partial charge in [-0.1, -0.05) is 35.3 Å². The summed E-state index contributed by atoms with van der Waals surface area (Å²) in [5, 5.41) is 2.36. The van der Waals surface area contributed by atoms with Gasteiger partial charge in [0, 0.05) is 16.0 Å². The van der Waals surface area contributed by atoms with Gasteiger partial charge in [-0.3, -0.25) is 0 Å². The number of benzene rings is 2. The van der Waals surface area contributed by atoms with E-state index in [2.05, 4.69) is 0 Å². The minimum absolute atomic E-state index is 0.678. The van der Waals surface area contributed by atoms with Crippen LogP contribution in [0.2, 0.25) is 10.0 Å². The van der Waals surface area contributed by atoms with Crippen molar-refractivity contribution in [2.75, 3.05) is 0 Å². The molecule has 3 aromatic rings. The number of halogens is 2. The van der Waals surface area contributed by atoms with Crippen LogP contribution in [0, 0.1) is 0 Å². The lowest BCUT2D eigenvalue weighted by Gasteiger charge is -1.98. The van der Waals surface area contributed by atoms with Gasteiger partial charge < -0.3 is 4.42 Å². The van der Waals surface area contributed by atoms with Gasteiger partial charge in [0.05, 0.1) is 5.02 Å². The van der Waals surface area contributed by atoms with Crippen LogP contribution in [0.5, 0.6) is 0 Å². The highest BCUT2D eigenvalue weighted by molar-refractivity contribution is 6.33. The Hall–Kier alpha value is -1.44. The van der Waals surface area contributed by atoms with Crippen LogP contribution in [-0.2, 0) is 0 Å². The summed E-state index contributed by atoms with van der Waals surface area (Å²) in [7, 11) is 0. The van der Waals surface area contributed by atoms with E-state index in [9.17, 15) is 0 Å². The molecule has 2 aromatic carbocycles. The van der Waals surface area contributed by atoms with E-state index in [4.69, 9.17) is 27.6 Å². The second kappa shape index (κ2) is 4.10. The zero-order valence-electron chi connectivity index (χ0n) is 8.78. The Morgan fingerprint density at radius 2 is 1.71 bits per heavy atom. The van der Waals surface area contributed by atoms with Gasteiger partial charge in [0.1, 0.15) is 11.3 Å². The quantitative estimate of drug-likeness (QED) is 0.572. The van der Waals surface area contributed by atoms with Crippen molar-refractivity contribution in [1.29, 1.82) is 0 Å². The lowest BCUT2D eigenvalue weighted by Crippen LogP contribution is -1.73. The summed E-state index contributed by atoms with van der Waals surface area (Å²) >= 11 is 12.1. The molecular formula is C14H8Cl2O. The van der Waals surface area contributed by atoms with Crippen molar-refractivity contribution in [3.63, 3.8) is 0 Å². The first-order valence-electron chi connectivity index (χ1n) is 5.18. The van der Waals surface area contributed by atoms with Crippen LogP contribution in [0.25, 0.3) is 22.3 Å². The van der Waals surface area contributed by atoms with E-state index in [-0.39, 0.29) is 0 Å². The van der Waals surface area contributed by atoms with E-state index in [1.807, 2.05) is 48.5 Å². The van der Waals surface area contributed by atoms with Crippen LogP contribution >= 0.6 is 23.2 Å². The third kappa shape index (κ3) is 1.92. The van der Waals surface area contributed by atoms with Gasteiger partial charge in [-0.15, -0.1) is 0 Å². The Morgan fingerprint density at radius 3 is 2.53 bits per heavy atom. The van der Waals surface area contributed by atoms with E-state index >= 15 is 0 Å². The fourth-order valence-corrected chi connectivity index (χ4v) is 2.22. The van der Waals surface area contributed by atoms with Gasteiger partial charge in [0.2, 0.25) is 0 Å². The smallest absolute Gasteiger partial charge is 0.136 e. The maximum Gasteiger partial charge on any atom is 0.136 e. The van der Waals surface area contributed by atoms with Crippen LogP contribution in [0.15, 0.2) is 52.9 Å². The number of fused-ring (bicyclic) bond motifs is 1. The van der Waals surface area contributed by atoms with E-state index in [0.717, 1.165) is 22.3 Å². The summed E-state index contributed by atoms with van der Waals surface area (Å²) in [6.07, 6.45) is 0. The molecule has 0 fully saturated rings. The molecule has 1 aromatic heterocycles. The van der Waals surface area contributed by atoms with E-state index < -0.39 is 0 Å². The molecule has 3 heteroatoms. The fraction of sp³-hybridized carbons (Fsp3) is 0. The van der Waals surface area contributed by atoms with Crippen molar-refractivity contribution in [1.82, 2.24) is 0 Å². The molecule has 0 N–H and O–H groups in total. The van der Waals surface area contributed by atoms with Gasteiger partial charge in [-0.25, -0.2) is 0 Å². The molecule has 0 saturated heterocycles. The van der Waals surface area contributed by atoms with Crippen molar-refractivity contribution in [2.45, 2.75) is 0 Å². The number of rotatable bonds is 1. The maximum atomic E-state index is 6.13. The Kier molecular flexibility index (Phi) is 2.58. The highest BCUT2D eigenvalue weighted by Crippen LogP contribution is 2.33. The fourth-order valence-electron chi connectivity index (χ4n) is 1.81. The third-order valence-corrected chi connectivity index (χ3v) is 3.18. The van der Waals surface area contributed by atoms with Crippen LogP contribution in [0.4, 0.5) is 0 Å². The molecule has 0 bridgehead atoms. The van der Waals surface area contributed by atoms with Gasteiger partial charge in [-0.2, -0.15) is 0 Å². The molecular weight excluding hydrogens is 255 g/mol. The summed E-state index contributed by atoms with van der Waals surface area (Å²) in [5.41, 5.74) is 1.70. The van der Waals surface area contributed by atoms with Crippen molar-refractivity contribution >= 4 is 34.2 Å². The minimum atomic E-state index is 0.678. The lowest BCUT2D eigenvalue weighted by molar-refractivity contribution is 0.631. The normalized spacial score (nSPS) is 10.9. The Labute approximate surface area is 109 Å². The molecule has 0 radical (unpaired) electrons. The largest absolute Gasteiger partial charge is 0.456 e. The molecule has 84 valence electrons. The molecule has 17 heavy (non-hydrogen) atoms. The van der Waals surface area contributed by atoms with Crippen LogP contribution in [0.1, 0.15) is 0 Å². The lowest BCUT2D eigenvalue weighted by atomic mass is 10.1. The van der Waals surface area contributed by atoms with E-state index in [0.29, 0.717) is 10.0 Å². The van der Waals surface area contributed by atoms with E-state index in [1.54, 1.807) is 0 Å². The predicted octanol–water partition coefficient (Wildman–Crippen LogP) is 5.41. The second-order valence-electron chi connectivity index (χ2n) is 3.77. The van der Waals surface area contributed by atoms with Crippen LogP contribution in [-0.4, -0.2) is 0 Å². The monoisotopic (exact) mass is 262 g/mol. The average Bonchev–Trinajstić information content (AvgIpc) is 2.72. The Morgan fingerprint density at radius 1 is 0.882 bits per heavy atom. The summed E-state index contributed by atoms with van der Waals surface area (Å²) < 4.78 is 5.75. The SMILES string of the molecule is Clc1ccc2oc(-c3ccccc3Cl)cc2c1. The first-order valence-corrected chi connectivity index (χ1v) is 5.93. The Balaban J connectivity index is 2.22. The molecule has 3 rings (SSSR count). The van der Waals surface area contributed by atoms with Gasteiger partial charge in [0.15, 0.2) is 0 Å². The van der Waals surface area contributed by atoms with Crippen molar-refractivity contribution in [3.05, 3.63) is 58.6 Å². The number of hydrogen-bond donors (Lipinski definition) is 0. The molecule has 1 nitrogen and oxygen atoms in total. The van der Waals surface area contributed by atoms with Crippen molar-refractivity contribution < 1.29 is 4.42 Å². The Bertz CT molecular complexity index is 686. The molecule has 0 aliphatic heterocycles. The van der Waals surface area contributed by atoms with Crippen LogP contribution in [0.3, 0.4) is 0 Å². The van der Waals surface area contributed by atoms with Crippen molar-refractivity contribution in [3.8, 4) is 11.3 Å².